The third kappa shape index (κ3) is 6.30. The van der Waals surface area contributed by atoms with Gasteiger partial charge in [-0.15, -0.1) is 11.3 Å². The summed E-state index contributed by atoms with van der Waals surface area (Å²) in [4.78, 5) is 14.1. The first-order valence-electron chi connectivity index (χ1n) is 12.9. The van der Waals surface area contributed by atoms with Crippen LogP contribution < -0.4 is 5.32 Å². The molecule has 0 fully saturated rings. The molecule has 3 heterocycles. The Morgan fingerprint density at radius 1 is 1.15 bits per heavy atom. The molecule has 0 bridgehead atoms. The van der Waals surface area contributed by atoms with Crippen molar-refractivity contribution in [2.24, 2.45) is 0 Å². The standard InChI is InChI=1S/C30H29F3N2O3S/c1-2-37-29(36)23-10-6-7-15-35(18-23)17-20-11-13-22(14-12-20)25-19-38-28(34-25)26-16-24(21-8-4-3-5-9-21)27(39-26)30(31,32)33/h4,6,8-14,16,18-19,28,34H,2-3,5,7,15,17H2,1H3. The molecule has 204 valence electrons. The monoisotopic (exact) mass is 554 g/mol. The number of rotatable bonds is 7. The number of nitrogens with zero attached hydrogens (tertiary/aromatic N) is 1. The van der Waals surface area contributed by atoms with Crippen molar-refractivity contribution in [2.75, 3.05) is 13.2 Å². The van der Waals surface area contributed by atoms with Gasteiger partial charge < -0.3 is 19.7 Å². The molecule has 2 aliphatic heterocycles. The van der Waals surface area contributed by atoms with Crippen molar-refractivity contribution in [3.05, 3.63) is 105 Å². The average molecular weight is 555 g/mol. The van der Waals surface area contributed by atoms with E-state index in [2.05, 4.69) is 10.2 Å². The maximum atomic E-state index is 13.8. The molecule has 1 unspecified atom stereocenters. The van der Waals surface area contributed by atoms with E-state index in [9.17, 15) is 18.0 Å². The summed E-state index contributed by atoms with van der Waals surface area (Å²) in [5.74, 6) is -0.336. The minimum atomic E-state index is -4.44. The predicted octanol–water partition coefficient (Wildman–Crippen LogP) is 7.33. The van der Waals surface area contributed by atoms with Crippen LogP contribution in [-0.4, -0.2) is 24.0 Å². The lowest BCUT2D eigenvalue weighted by Crippen LogP contribution is -2.19. The normalized spacial score (nSPS) is 19.0. The molecule has 0 spiro atoms. The van der Waals surface area contributed by atoms with Gasteiger partial charge in [-0.25, -0.2) is 4.79 Å². The number of alkyl halides is 3. The van der Waals surface area contributed by atoms with Crippen LogP contribution >= 0.6 is 11.3 Å². The maximum Gasteiger partial charge on any atom is 0.426 e. The van der Waals surface area contributed by atoms with Gasteiger partial charge in [0, 0.05) is 30.4 Å². The fraction of sp³-hybridized carbons (Fsp3) is 0.300. The molecule has 1 aliphatic carbocycles. The Kier molecular flexibility index (Phi) is 7.97. The molecule has 0 saturated heterocycles. The van der Waals surface area contributed by atoms with Crippen LogP contribution in [0.3, 0.4) is 0 Å². The summed E-state index contributed by atoms with van der Waals surface area (Å²) in [7, 11) is 0. The average Bonchev–Trinajstić information content (AvgIpc) is 3.53. The first kappa shape index (κ1) is 26.9. The summed E-state index contributed by atoms with van der Waals surface area (Å²) in [6.07, 6.45) is 9.92. The van der Waals surface area contributed by atoms with Crippen LogP contribution in [0.25, 0.3) is 11.3 Å². The number of benzene rings is 1. The third-order valence-electron chi connectivity index (χ3n) is 6.55. The van der Waals surface area contributed by atoms with Gasteiger partial charge in [0.05, 0.1) is 22.8 Å². The minimum absolute atomic E-state index is 0.200. The van der Waals surface area contributed by atoms with E-state index < -0.39 is 17.3 Å². The van der Waals surface area contributed by atoms with Crippen molar-refractivity contribution in [3.8, 4) is 0 Å². The summed E-state index contributed by atoms with van der Waals surface area (Å²) in [6, 6.07) is 9.47. The summed E-state index contributed by atoms with van der Waals surface area (Å²) in [6.45, 7) is 3.51. The van der Waals surface area contributed by atoms with E-state index in [4.69, 9.17) is 9.47 Å². The van der Waals surface area contributed by atoms with Gasteiger partial charge in [0.2, 0.25) is 6.23 Å². The largest absolute Gasteiger partial charge is 0.471 e. The second-order valence-electron chi connectivity index (χ2n) is 9.38. The van der Waals surface area contributed by atoms with Crippen molar-refractivity contribution < 1.29 is 27.4 Å². The molecular weight excluding hydrogens is 525 g/mol. The highest BCUT2D eigenvalue weighted by Crippen LogP contribution is 2.44. The molecule has 0 radical (unpaired) electrons. The van der Waals surface area contributed by atoms with Gasteiger partial charge in [0.15, 0.2) is 0 Å². The van der Waals surface area contributed by atoms with Crippen LogP contribution in [0.4, 0.5) is 13.2 Å². The van der Waals surface area contributed by atoms with E-state index in [1.54, 1.807) is 31.4 Å². The number of carbonyl (C=O) groups excluding carboxylic acids is 1. The first-order valence-corrected chi connectivity index (χ1v) is 13.7. The van der Waals surface area contributed by atoms with Crippen LogP contribution in [-0.2, 0) is 27.0 Å². The van der Waals surface area contributed by atoms with Gasteiger partial charge >= 0.3 is 12.1 Å². The van der Waals surface area contributed by atoms with Crippen molar-refractivity contribution in [2.45, 2.75) is 45.1 Å². The smallest absolute Gasteiger partial charge is 0.426 e. The van der Waals surface area contributed by atoms with Crippen molar-refractivity contribution >= 4 is 28.6 Å². The quantitative estimate of drug-likeness (QED) is 0.363. The van der Waals surface area contributed by atoms with E-state index in [1.807, 2.05) is 48.7 Å². The lowest BCUT2D eigenvalue weighted by molar-refractivity contribution is -0.138. The van der Waals surface area contributed by atoms with Crippen molar-refractivity contribution in [1.29, 1.82) is 0 Å². The zero-order valence-corrected chi connectivity index (χ0v) is 22.3. The van der Waals surface area contributed by atoms with Crippen LogP contribution in [0, 0.1) is 0 Å². The van der Waals surface area contributed by atoms with E-state index in [0.717, 1.165) is 36.9 Å². The molecule has 5 nitrogen and oxygen atoms in total. The van der Waals surface area contributed by atoms with Gasteiger partial charge in [0.25, 0.3) is 0 Å². The molecule has 5 rings (SSSR count). The Labute approximate surface area is 229 Å². The number of halogens is 3. The minimum Gasteiger partial charge on any atom is -0.471 e. The zero-order chi connectivity index (χ0) is 27.4. The molecule has 1 atom stereocenters. The molecule has 1 aromatic carbocycles. The molecular formula is C30H29F3N2O3S. The summed E-state index contributed by atoms with van der Waals surface area (Å²) < 4.78 is 52.4. The van der Waals surface area contributed by atoms with Gasteiger partial charge in [0.1, 0.15) is 11.1 Å². The Balaban J connectivity index is 1.26. The number of allylic oxidation sites excluding steroid dienone is 4. The second-order valence-corrected chi connectivity index (χ2v) is 10.5. The van der Waals surface area contributed by atoms with E-state index in [-0.39, 0.29) is 11.5 Å². The number of esters is 1. The summed E-state index contributed by atoms with van der Waals surface area (Å²) >= 11 is 0.714. The van der Waals surface area contributed by atoms with Gasteiger partial charge in [-0.05, 0) is 43.4 Å². The van der Waals surface area contributed by atoms with Gasteiger partial charge in [-0.2, -0.15) is 13.2 Å². The van der Waals surface area contributed by atoms with Crippen molar-refractivity contribution in [3.63, 3.8) is 0 Å². The summed E-state index contributed by atoms with van der Waals surface area (Å²) in [5, 5.41) is 3.22. The maximum absolute atomic E-state index is 13.8. The number of hydrogen-bond acceptors (Lipinski definition) is 6. The van der Waals surface area contributed by atoms with Gasteiger partial charge in [-0.3, -0.25) is 0 Å². The Morgan fingerprint density at radius 3 is 2.67 bits per heavy atom. The van der Waals surface area contributed by atoms with Crippen LogP contribution in [0.5, 0.6) is 0 Å². The van der Waals surface area contributed by atoms with Crippen LogP contribution in [0.2, 0.25) is 0 Å². The zero-order valence-electron chi connectivity index (χ0n) is 21.5. The highest BCUT2D eigenvalue weighted by Gasteiger charge is 2.38. The fourth-order valence-electron chi connectivity index (χ4n) is 4.65. The number of carbonyl (C=O) groups is 1. The number of thiophene rings is 1. The lowest BCUT2D eigenvalue weighted by Gasteiger charge is -2.20. The molecule has 0 saturated carbocycles. The molecule has 3 aliphatic rings. The number of hydrogen-bond donors (Lipinski definition) is 1. The molecule has 1 aromatic heterocycles. The Hall–Kier alpha value is -3.72. The first-order chi connectivity index (χ1) is 18.8. The third-order valence-corrected chi connectivity index (χ3v) is 7.77. The Morgan fingerprint density at radius 2 is 1.95 bits per heavy atom. The van der Waals surface area contributed by atoms with E-state index in [1.165, 1.54) is 0 Å². The number of nitrogens with one attached hydrogen (secondary N) is 1. The fourth-order valence-corrected chi connectivity index (χ4v) is 5.69. The van der Waals surface area contributed by atoms with E-state index in [0.29, 0.717) is 46.2 Å². The van der Waals surface area contributed by atoms with Crippen molar-refractivity contribution in [1.82, 2.24) is 10.2 Å². The highest BCUT2D eigenvalue weighted by molar-refractivity contribution is 7.12. The van der Waals surface area contributed by atoms with E-state index >= 15 is 0 Å². The lowest BCUT2D eigenvalue weighted by atomic mass is 9.99. The molecule has 9 heteroatoms. The molecule has 0 amide bonds. The topological polar surface area (TPSA) is 50.8 Å². The molecule has 1 N–H and O–H groups in total. The highest BCUT2D eigenvalue weighted by atomic mass is 32.1. The number of ether oxygens (including phenoxy) is 2. The second kappa shape index (κ2) is 11.6. The van der Waals surface area contributed by atoms with Crippen LogP contribution in [0.15, 0.2) is 78.7 Å². The van der Waals surface area contributed by atoms with Crippen LogP contribution in [0.1, 0.15) is 58.9 Å². The molecule has 2 aromatic rings. The SMILES string of the molecule is CCOC(=O)C1=CN(Cc2ccc(C3=COC(c4cc(C5=CCCC=C5)c(C(F)(F)F)s4)N3)cc2)CCC=C1. The Bertz CT molecular complexity index is 1370. The molecule has 39 heavy (non-hydrogen) atoms. The predicted molar refractivity (Wildman–Crippen MR) is 146 cm³/mol. The van der Waals surface area contributed by atoms with Gasteiger partial charge in [-0.1, -0.05) is 54.6 Å². The summed E-state index contributed by atoms with van der Waals surface area (Å²) in [5.41, 5.74) is 3.95.